The van der Waals surface area contributed by atoms with Crippen molar-refractivity contribution >= 4 is 17.7 Å². The lowest BCUT2D eigenvalue weighted by atomic mass is 10.1. The molecule has 0 bridgehead atoms. The molecule has 0 atom stereocenters. The van der Waals surface area contributed by atoms with E-state index in [1.807, 2.05) is 0 Å². The molecule has 1 N–H and O–H groups in total. The summed E-state index contributed by atoms with van der Waals surface area (Å²) in [5.74, 6) is 0.736. The van der Waals surface area contributed by atoms with Gasteiger partial charge in [0, 0.05) is 46.9 Å². The van der Waals surface area contributed by atoms with Gasteiger partial charge >= 0.3 is 5.97 Å². The summed E-state index contributed by atoms with van der Waals surface area (Å²) in [6, 6.07) is 13.8. The molecule has 2 aromatic heterocycles. The molecule has 6 rings (SSSR count). The Morgan fingerprint density at radius 3 is 2.53 bits per heavy atom. The van der Waals surface area contributed by atoms with Crippen LogP contribution in [0.1, 0.15) is 27.0 Å². The molecule has 8 heteroatoms. The van der Waals surface area contributed by atoms with Gasteiger partial charge in [-0.15, -0.1) is 0 Å². The molecule has 0 fully saturated rings. The third-order valence-corrected chi connectivity index (χ3v) is 6.25. The highest BCUT2D eigenvalue weighted by Crippen LogP contribution is 2.27. The van der Waals surface area contributed by atoms with E-state index in [9.17, 15) is 9.59 Å². The lowest BCUT2D eigenvalue weighted by Crippen LogP contribution is -2.20. The Labute approximate surface area is 195 Å². The highest BCUT2D eigenvalue weighted by molar-refractivity contribution is 5.97. The second-order valence-corrected chi connectivity index (χ2v) is 8.64. The molecular formula is C26H21N5O3. The van der Waals surface area contributed by atoms with Crippen molar-refractivity contribution in [3.05, 3.63) is 89.5 Å². The number of nitrogens with zero attached hydrogens (tertiary/aromatic N) is 4. The number of aromatic nitrogens is 4. The highest BCUT2D eigenvalue weighted by atomic mass is 16.5. The number of hydrogen-bond acceptors (Lipinski definition) is 7. The van der Waals surface area contributed by atoms with Crippen LogP contribution >= 0.6 is 0 Å². The zero-order valence-electron chi connectivity index (χ0n) is 18.3. The maximum atomic E-state index is 12.7. The Morgan fingerprint density at radius 2 is 1.76 bits per heavy atom. The minimum absolute atomic E-state index is 0.0924. The molecule has 8 nitrogen and oxygen atoms in total. The van der Waals surface area contributed by atoms with Crippen LogP contribution in [0.3, 0.4) is 0 Å². The van der Waals surface area contributed by atoms with Crippen LogP contribution in [0.25, 0.3) is 11.1 Å². The molecule has 168 valence electrons. The lowest BCUT2D eigenvalue weighted by Gasteiger charge is -2.11. The summed E-state index contributed by atoms with van der Waals surface area (Å²) in [5, 5.41) is 7.74. The van der Waals surface area contributed by atoms with Crippen LogP contribution in [0.2, 0.25) is 0 Å². The number of fused-ring (bicyclic) bond motifs is 2. The summed E-state index contributed by atoms with van der Waals surface area (Å²) in [6.45, 7) is 0.0936. The molecule has 0 spiro atoms. The molecule has 0 radical (unpaired) electrons. The summed E-state index contributed by atoms with van der Waals surface area (Å²) < 4.78 is 6.68. The minimum Gasteiger partial charge on any atom is -0.426 e. The van der Waals surface area contributed by atoms with Gasteiger partial charge in [0.05, 0.1) is 12.6 Å². The highest BCUT2D eigenvalue weighted by Gasteiger charge is 2.22. The number of ether oxygens (including phenoxy) is 1. The Morgan fingerprint density at radius 1 is 1.00 bits per heavy atom. The Kier molecular flexibility index (Phi) is 4.91. The van der Waals surface area contributed by atoms with Gasteiger partial charge in [0.2, 0.25) is 5.95 Å². The molecule has 0 saturated heterocycles. The molecule has 34 heavy (non-hydrogen) atoms. The molecule has 2 aliphatic rings. The fourth-order valence-corrected chi connectivity index (χ4v) is 4.54. The fourth-order valence-electron chi connectivity index (χ4n) is 4.54. The maximum Gasteiger partial charge on any atom is 0.315 e. The fraction of sp³-hybridized carbons (Fsp3) is 0.192. The van der Waals surface area contributed by atoms with Crippen molar-refractivity contribution in [1.29, 1.82) is 0 Å². The molecule has 0 unspecified atom stereocenters. The molecule has 0 saturated carbocycles. The van der Waals surface area contributed by atoms with Crippen molar-refractivity contribution in [2.75, 3.05) is 5.32 Å². The summed E-state index contributed by atoms with van der Waals surface area (Å²) in [6.07, 6.45) is 9.15. The van der Waals surface area contributed by atoms with Crippen molar-refractivity contribution in [3.8, 4) is 16.9 Å². The standard InChI is InChI=1S/C26H21N5O3/c32-23(18-5-6-24-19(7-18)10-25(33)34-24)15-31-14-21(13-29-31)20-11-27-26(28-12-20)30-22-8-16-3-1-2-4-17(16)9-22/h1-7,11-14,22H,8-10,15H2,(H,27,28,30). The zero-order chi connectivity index (χ0) is 23.1. The van der Waals surface area contributed by atoms with Crippen LogP contribution in [0, 0.1) is 0 Å². The largest absolute Gasteiger partial charge is 0.426 e. The average molecular weight is 451 g/mol. The van der Waals surface area contributed by atoms with Crippen molar-refractivity contribution < 1.29 is 14.3 Å². The second kappa shape index (κ2) is 8.22. The number of Topliss-reactive ketones (excluding diaryl/α,β-unsaturated/α-hetero) is 1. The first-order chi connectivity index (χ1) is 16.6. The zero-order valence-corrected chi connectivity index (χ0v) is 18.3. The van der Waals surface area contributed by atoms with Gasteiger partial charge in [0.25, 0.3) is 0 Å². The minimum atomic E-state index is -0.298. The molecule has 1 aliphatic carbocycles. The predicted molar refractivity (Wildman–Crippen MR) is 125 cm³/mol. The first-order valence-corrected chi connectivity index (χ1v) is 11.2. The number of rotatable bonds is 6. The van der Waals surface area contributed by atoms with E-state index in [1.54, 1.807) is 47.7 Å². The molecule has 3 heterocycles. The van der Waals surface area contributed by atoms with E-state index in [2.05, 4.69) is 44.6 Å². The third-order valence-electron chi connectivity index (χ3n) is 6.25. The SMILES string of the molecule is O=C1Cc2cc(C(=O)Cn3cc(-c4cnc(NC5Cc6ccccc6C5)nc4)cn3)ccc2O1. The van der Waals surface area contributed by atoms with Gasteiger partial charge in [0.15, 0.2) is 5.78 Å². The molecule has 0 amide bonds. The van der Waals surface area contributed by atoms with Crippen LogP contribution in [-0.2, 0) is 30.6 Å². The normalized spacial score (nSPS) is 14.5. The number of benzene rings is 2. The van der Waals surface area contributed by atoms with Crippen molar-refractivity contribution in [3.63, 3.8) is 0 Å². The van der Waals surface area contributed by atoms with Crippen LogP contribution in [0.5, 0.6) is 5.75 Å². The van der Waals surface area contributed by atoms with E-state index >= 15 is 0 Å². The number of carbonyl (C=O) groups excluding carboxylic acids is 2. The van der Waals surface area contributed by atoms with E-state index < -0.39 is 0 Å². The Balaban J connectivity index is 1.10. The maximum absolute atomic E-state index is 12.7. The number of hydrogen-bond donors (Lipinski definition) is 1. The first kappa shape index (κ1) is 20.3. The Hall–Kier alpha value is -4.33. The van der Waals surface area contributed by atoms with Gasteiger partial charge in [-0.05, 0) is 42.2 Å². The number of ketones is 1. The van der Waals surface area contributed by atoms with Crippen molar-refractivity contribution in [2.24, 2.45) is 0 Å². The summed E-state index contributed by atoms with van der Waals surface area (Å²) in [5.41, 5.74) is 5.68. The van der Waals surface area contributed by atoms with Crippen molar-refractivity contribution in [1.82, 2.24) is 19.7 Å². The number of anilines is 1. The lowest BCUT2D eigenvalue weighted by molar-refractivity contribution is -0.131. The first-order valence-electron chi connectivity index (χ1n) is 11.2. The van der Waals surface area contributed by atoms with Crippen LogP contribution in [0.15, 0.2) is 67.3 Å². The topological polar surface area (TPSA) is 99.0 Å². The monoisotopic (exact) mass is 451 g/mol. The smallest absolute Gasteiger partial charge is 0.315 e. The van der Waals surface area contributed by atoms with Crippen LogP contribution in [0.4, 0.5) is 5.95 Å². The van der Waals surface area contributed by atoms with Gasteiger partial charge in [0.1, 0.15) is 12.3 Å². The van der Waals surface area contributed by atoms with Gasteiger partial charge in [-0.2, -0.15) is 5.10 Å². The summed E-state index contributed by atoms with van der Waals surface area (Å²) in [4.78, 5) is 33.1. The van der Waals surface area contributed by atoms with Gasteiger partial charge in [-0.1, -0.05) is 24.3 Å². The number of nitrogens with one attached hydrogen (secondary N) is 1. The van der Waals surface area contributed by atoms with Gasteiger partial charge in [-0.25, -0.2) is 9.97 Å². The van der Waals surface area contributed by atoms with Gasteiger partial charge in [-0.3, -0.25) is 14.3 Å². The van der Waals surface area contributed by atoms with E-state index in [0.29, 0.717) is 23.3 Å². The van der Waals surface area contributed by atoms with Crippen LogP contribution in [-0.4, -0.2) is 37.5 Å². The summed E-state index contributed by atoms with van der Waals surface area (Å²) >= 11 is 0. The summed E-state index contributed by atoms with van der Waals surface area (Å²) in [7, 11) is 0. The third kappa shape index (κ3) is 3.94. The van der Waals surface area contributed by atoms with E-state index in [-0.39, 0.29) is 24.7 Å². The quantitative estimate of drug-likeness (QED) is 0.273. The van der Waals surface area contributed by atoms with Crippen LogP contribution < -0.4 is 10.1 Å². The number of carbonyl (C=O) groups is 2. The van der Waals surface area contributed by atoms with Crippen molar-refractivity contribution in [2.45, 2.75) is 31.8 Å². The predicted octanol–water partition coefficient (Wildman–Crippen LogP) is 3.26. The number of esters is 1. The van der Waals surface area contributed by atoms with Gasteiger partial charge < -0.3 is 10.1 Å². The van der Waals surface area contributed by atoms with E-state index in [4.69, 9.17) is 4.74 Å². The average Bonchev–Trinajstić information content (AvgIpc) is 3.56. The molecule has 1 aliphatic heterocycles. The molecule has 4 aromatic rings. The molecule has 2 aromatic carbocycles. The second-order valence-electron chi connectivity index (χ2n) is 8.64. The molecular weight excluding hydrogens is 430 g/mol. The van der Waals surface area contributed by atoms with E-state index in [1.165, 1.54) is 11.1 Å². The Bertz CT molecular complexity index is 1390. The van der Waals surface area contributed by atoms with E-state index in [0.717, 1.165) is 29.5 Å².